The second kappa shape index (κ2) is 7.88. The summed E-state index contributed by atoms with van der Waals surface area (Å²) in [6, 6.07) is 11.9. The number of hydrogen-bond donors (Lipinski definition) is 1. The molecule has 0 fully saturated rings. The number of carbonyl (C=O) groups excluding carboxylic acids is 1. The lowest BCUT2D eigenvalue weighted by atomic mass is 10.1. The topological polar surface area (TPSA) is 89.8 Å². The summed E-state index contributed by atoms with van der Waals surface area (Å²) in [5.74, 6) is -0.679. The summed E-state index contributed by atoms with van der Waals surface area (Å²) in [6.07, 6.45) is 2.15. The molecule has 0 aliphatic heterocycles. The Balaban J connectivity index is 1.43. The maximum absolute atomic E-state index is 13.7. The van der Waals surface area contributed by atoms with Gasteiger partial charge in [0.15, 0.2) is 5.13 Å². The van der Waals surface area contributed by atoms with Gasteiger partial charge in [-0.05, 0) is 36.2 Å². The highest BCUT2D eigenvalue weighted by molar-refractivity contribution is 7.15. The van der Waals surface area contributed by atoms with Gasteiger partial charge in [0.2, 0.25) is 5.91 Å². The molecule has 2 heterocycles. The monoisotopic (exact) mass is 409 g/mol. The average Bonchev–Trinajstić information content (AvgIpc) is 3.14. The number of rotatable bonds is 5. The highest BCUT2D eigenvalue weighted by atomic mass is 32.1. The van der Waals surface area contributed by atoms with E-state index in [0.29, 0.717) is 28.0 Å². The van der Waals surface area contributed by atoms with Crippen molar-refractivity contribution in [2.24, 2.45) is 0 Å². The standard InChI is InChI=1S/C20H16FN5O2S/c1-12-6-7-13(9-16(12)21)8-14-10-22-20(29-14)23-18(27)11-26-19(28)15-4-2-3-5-17(15)24-25-26/h2-7,9-10H,8,11H2,1H3,(H,22,23,27). The Kier molecular flexibility index (Phi) is 5.13. The third-order valence-corrected chi connectivity index (χ3v) is 5.25. The highest BCUT2D eigenvalue weighted by Crippen LogP contribution is 2.22. The number of fused-ring (bicyclic) bond motifs is 1. The summed E-state index contributed by atoms with van der Waals surface area (Å²) in [7, 11) is 0. The first-order valence-corrected chi connectivity index (χ1v) is 9.63. The van der Waals surface area contributed by atoms with Gasteiger partial charge in [0.1, 0.15) is 17.9 Å². The van der Waals surface area contributed by atoms with Crippen LogP contribution >= 0.6 is 11.3 Å². The molecule has 0 radical (unpaired) electrons. The maximum atomic E-state index is 13.7. The lowest BCUT2D eigenvalue weighted by Crippen LogP contribution is -2.30. The Hall–Kier alpha value is -3.46. The average molecular weight is 409 g/mol. The van der Waals surface area contributed by atoms with Crippen LogP contribution in [-0.2, 0) is 17.8 Å². The summed E-state index contributed by atoms with van der Waals surface area (Å²) >= 11 is 1.29. The van der Waals surface area contributed by atoms with Crippen molar-refractivity contribution in [2.45, 2.75) is 19.9 Å². The number of aryl methyl sites for hydroxylation is 1. The molecule has 9 heteroatoms. The molecule has 4 aromatic rings. The van der Waals surface area contributed by atoms with Crippen molar-refractivity contribution in [3.63, 3.8) is 0 Å². The summed E-state index contributed by atoms with van der Waals surface area (Å²) in [5.41, 5.74) is 1.52. The molecule has 2 aromatic heterocycles. The zero-order valence-corrected chi connectivity index (χ0v) is 16.2. The third kappa shape index (κ3) is 4.19. The van der Waals surface area contributed by atoms with Crippen molar-refractivity contribution in [1.82, 2.24) is 20.0 Å². The van der Waals surface area contributed by atoms with E-state index in [2.05, 4.69) is 20.6 Å². The van der Waals surface area contributed by atoms with Crippen LogP contribution in [0.25, 0.3) is 10.9 Å². The van der Waals surface area contributed by atoms with E-state index in [0.717, 1.165) is 15.1 Å². The molecule has 0 spiro atoms. The number of hydrogen-bond acceptors (Lipinski definition) is 6. The van der Waals surface area contributed by atoms with E-state index in [4.69, 9.17) is 0 Å². The Morgan fingerprint density at radius 3 is 2.90 bits per heavy atom. The summed E-state index contributed by atoms with van der Waals surface area (Å²) in [4.78, 5) is 29.8. The van der Waals surface area contributed by atoms with E-state index in [1.165, 1.54) is 17.4 Å². The molecule has 4 rings (SSSR count). The molecule has 2 aromatic carbocycles. The highest BCUT2D eigenvalue weighted by Gasteiger charge is 2.12. The van der Waals surface area contributed by atoms with Crippen molar-refractivity contribution < 1.29 is 9.18 Å². The molecule has 0 bridgehead atoms. The Labute approximate surface area is 168 Å². The minimum absolute atomic E-state index is 0.248. The normalized spacial score (nSPS) is 11.0. The van der Waals surface area contributed by atoms with E-state index in [1.807, 2.05) is 6.07 Å². The van der Waals surface area contributed by atoms with Crippen molar-refractivity contribution in [3.05, 3.63) is 80.8 Å². The molecule has 1 N–H and O–H groups in total. The van der Waals surface area contributed by atoms with Crippen LogP contribution in [0.4, 0.5) is 9.52 Å². The molecule has 0 aliphatic rings. The Morgan fingerprint density at radius 1 is 1.24 bits per heavy atom. The van der Waals surface area contributed by atoms with Crippen molar-refractivity contribution in [2.75, 3.05) is 5.32 Å². The second-order valence-corrected chi connectivity index (χ2v) is 7.62. The van der Waals surface area contributed by atoms with Crippen LogP contribution in [0.2, 0.25) is 0 Å². The molecule has 0 saturated carbocycles. The molecule has 7 nitrogen and oxygen atoms in total. The number of halogens is 1. The van der Waals surface area contributed by atoms with Gasteiger partial charge >= 0.3 is 0 Å². The van der Waals surface area contributed by atoms with Crippen LogP contribution in [-0.4, -0.2) is 25.9 Å². The first-order chi connectivity index (χ1) is 14.0. The molecular formula is C20H16FN5O2S. The van der Waals surface area contributed by atoms with Crippen molar-refractivity contribution in [1.29, 1.82) is 0 Å². The van der Waals surface area contributed by atoms with E-state index in [9.17, 15) is 14.0 Å². The van der Waals surface area contributed by atoms with Gasteiger partial charge in [-0.15, -0.1) is 16.4 Å². The maximum Gasteiger partial charge on any atom is 0.278 e. The molecule has 29 heavy (non-hydrogen) atoms. The summed E-state index contributed by atoms with van der Waals surface area (Å²) < 4.78 is 14.7. The van der Waals surface area contributed by atoms with Gasteiger partial charge in [0, 0.05) is 17.5 Å². The number of nitrogens with one attached hydrogen (secondary N) is 1. The number of aromatic nitrogens is 4. The predicted molar refractivity (Wildman–Crippen MR) is 108 cm³/mol. The van der Waals surface area contributed by atoms with Crippen molar-refractivity contribution >= 4 is 33.3 Å². The van der Waals surface area contributed by atoms with Gasteiger partial charge in [0.25, 0.3) is 5.56 Å². The molecule has 0 atom stereocenters. The van der Waals surface area contributed by atoms with Gasteiger partial charge in [-0.3, -0.25) is 9.59 Å². The lowest BCUT2D eigenvalue weighted by molar-refractivity contribution is -0.117. The fourth-order valence-electron chi connectivity index (χ4n) is 2.82. The van der Waals surface area contributed by atoms with Gasteiger partial charge in [-0.1, -0.05) is 29.5 Å². The number of anilines is 1. The summed E-state index contributed by atoms with van der Waals surface area (Å²) in [5, 5.41) is 11.2. The molecule has 1 amide bonds. The predicted octanol–water partition coefficient (Wildman–Crippen LogP) is 2.93. The van der Waals surface area contributed by atoms with E-state index in [-0.39, 0.29) is 17.9 Å². The van der Waals surface area contributed by atoms with Crippen molar-refractivity contribution in [3.8, 4) is 0 Å². The van der Waals surface area contributed by atoms with Crippen LogP contribution in [0, 0.1) is 12.7 Å². The number of benzene rings is 2. The quantitative estimate of drug-likeness (QED) is 0.547. The number of nitrogens with zero attached hydrogens (tertiary/aromatic N) is 4. The lowest BCUT2D eigenvalue weighted by Gasteiger charge is -2.04. The molecule has 146 valence electrons. The number of carbonyl (C=O) groups is 1. The Morgan fingerprint density at radius 2 is 2.07 bits per heavy atom. The fraction of sp³-hybridized carbons (Fsp3) is 0.150. The van der Waals surface area contributed by atoms with Gasteiger partial charge in [-0.25, -0.2) is 14.1 Å². The second-order valence-electron chi connectivity index (χ2n) is 6.51. The SMILES string of the molecule is Cc1ccc(Cc2cnc(NC(=O)Cn3nnc4ccccc4c3=O)s2)cc1F. The number of amides is 1. The third-order valence-electron chi connectivity index (χ3n) is 4.34. The largest absolute Gasteiger partial charge is 0.300 e. The smallest absolute Gasteiger partial charge is 0.278 e. The fourth-order valence-corrected chi connectivity index (χ4v) is 3.68. The van der Waals surface area contributed by atoms with Crippen LogP contribution in [0.5, 0.6) is 0 Å². The van der Waals surface area contributed by atoms with Gasteiger partial charge in [0.05, 0.1) is 5.39 Å². The molecule has 0 unspecified atom stereocenters. The minimum atomic E-state index is -0.432. The van der Waals surface area contributed by atoms with Crippen LogP contribution < -0.4 is 10.9 Å². The van der Waals surface area contributed by atoms with E-state index >= 15 is 0 Å². The zero-order chi connectivity index (χ0) is 20.4. The molecular weight excluding hydrogens is 393 g/mol. The zero-order valence-electron chi connectivity index (χ0n) is 15.4. The Bertz CT molecular complexity index is 1270. The van der Waals surface area contributed by atoms with Gasteiger partial charge < -0.3 is 5.32 Å². The van der Waals surface area contributed by atoms with E-state index < -0.39 is 5.91 Å². The molecule has 0 saturated heterocycles. The first kappa shape index (κ1) is 18.9. The van der Waals surface area contributed by atoms with Crippen LogP contribution in [0.1, 0.15) is 16.0 Å². The minimum Gasteiger partial charge on any atom is -0.300 e. The van der Waals surface area contributed by atoms with E-state index in [1.54, 1.807) is 43.5 Å². The van der Waals surface area contributed by atoms with Gasteiger partial charge in [-0.2, -0.15) is 0 Å². The van der Waals surface area contributed by atoms with Crippen LogP contribution in [0.15, 0.2) is 53.5 Å². The van der Waals surface area contributed by atoms with Crippen LogP contribution in [0.3, 0.4) is 0 Å². The first-order valence-electron chi connectivity index (χ1n) is 8.82. The molecule has 0 aliphatic carbocycles. The number of thiazole rings is 1. The summed E-state index contributed by atoms with van der Waals surface area (Å²) in [6.45, 7) is 1.44.